The molecule has 6 heteroatoms. The molecule has 0 saturated heterocycles. The van der Waals surface area contributed by atoms with E-state index in [2.05, 4.69) is 10.3 Å². The third-order valence-electron chi connectivity index (χ3n) is 2.46. The van der Waals surface area contributed by atoms with E-state index in [1.54, 1.807) is 12.3 Å². The predicted octanol–water partition coefficient (Wildman–Crippen LogP) is 1.01. The molecule has 2 rings (SSSR count). The summed E-state index contributed by atoms with van der Waals surface area (Å²) in [7, 11) is 0. The van der Waals surface area contributed by atoms with Crippen LogP contribution >= 0.6 is 0 Å². The van der Waals surface area contributed by atoms with E-state index in [0.29, 0.717) is 12.4 Å². The maximum Gasteiger partial charge on any atom is 0.250 e. The number of nitrogen functional groups attached to an aromatic ring is 1. The number of nitrogens with two attached hydrogens (primary N) is 2. The lowest BCUT2D eigenvalue weighted by atomic mass is 10.2. The average molecular weight is 246 g/mol. The van der Waals surface area contributed by atoms with Crippen molar-refractivity contribution in [2.24, 2.45) is 5.73 Å². The number of amides is 1. The quantitative estimate of drug-likeness (QED) is 0.729. The smallest absolute Gasteiger partial charge is 0.250 e. The van der Waals surface area contributed by atoms with Gasteiger partial charge in [0.2, 0.25) is 0 Å². The fourth-order valence-corrected chi connectivity index (χ4v) is 1.54. The Bertz CT molecular complexity index is 537. The van der Waals surface area contributed by atoms with Crippen molar-refractivity contribution in [3.05, 3.63) is 42.0 Å². The van der Waals surface area contributed by atoms with Gasteiger partial charge in [-0.3, -0.25) is 4.79 Å². The molecule has 0 aliphatic rings. The van der Waals surface area contributed by atoms with E-state index < -0.39 is 5.91 Å². The Hall–Kier alpha value is -2.50. The van der Waals surface area contributed by atoms with Crippen molar-refractivity contribution in [2.45, 2.75) is 6.42 Å². The molecule has 0 spiro atoms. The molecule has 1 amide bonds. The van der Waals surface area contributed by atoms with Crippen LogP contribution in [0.15, 0.2) is 35.1 Å². The van der Waals surface area contributed by atoms with E-state index in [4.69, 9.17) is 15.9 Å². The molecule has 6 nitrogen and oxygen atoms in total. The van der Waals surface area contributed by atoms with E-state index in [1.165, 1.54) is 6.20 Å². The largest absolute Gasteiger partial charge is 0.469 e. The topological polar surface area (TPSA) is 107 Å². The van der Waals surface area contributed by atoms with E-state index >= 15 is 0 Å². The molecule has 0 aromatic carbocycles. The molecular weight excluding hydrogens is 232 g/mol. The minimum absolute atomic E-state index is 0.269. The lowest BCUT2D eigenvalue weighted by molar-refractivity contribution is 0.100. The van der Waals surface area contributed by atoms with Crippen LogP contribution in [0.2, 0.25) is 0 Å². The van der Waals surface area contributed by atoms with Crippen LogP contribution in [-0.2, 0) is 6.42 Å². The molecule has 94 valence electrons. The molecule has 0 bridgehead atoms. The van der Waals surface area contributed by atoms with Gasteiger partial charge in [-0.2, -0.15) is 0 Å². The Labute approximate surface area is 104 Å². The molecule has 0 aliphatic carbocycles. The van der Waals surface area contributed by atoms with Crippen LogP contribution in [0.4, 0.5) is 11.5 Å². The molecule has 0 radical (unpaired) electrons. The highest BCUT2D eigenvalue weighted by Gasteiger charge is 2.07. The normalized spacial score (nSPS) is 10.2. The van der Waals surface area contributed by atoms with Gasteiger partial charge in [0.1, 0.15) is 11.6 Å². The highest BCUT2D eigenvalue weighted by molar-refractivity contribution is 5.98. The number of primary amides is 1. The van der Waals surface area contributed by atoms with E-state index in [1.807, 2.05) is 12.1 Å². The monoisotopic (exact) mass is 246 g/mol. The number of pyridine rings is 1. The zero-order valence-electron chi connectivity index (χ0n) is 9.72. The molecule has 0 aliphatic heterocycles. The Morgan fingerprint density at radius 3 is 3.00 bits per heavy atom. The number of furan rings is 1. The summed E-state index contributed by atoms with van der Waals surface area (Å²) in [6.07, 6.45) is 3.77. The summed E-state index contributed by atoms with van der Waals surface area (Å²) in [5, 5.41) is 3.07. The van der Waals surface area contributed by atoms with Gasteiger partial charge in [0.15, 0.2) is 0 Å². The number of carbonyl (C=O) groups is 1. The number of aromatic nitrogens is 1. The van der Waals surface area contributed by atoms with Crippen LogP contribution < -0.4 is 16.8 Å². The Morgan fingerprint density at radius 1 is 1.50 bits per heavy atom. The second-order valence-electron chi connectivity index (χ2n) is 3.78. The van der Waals surface area contributed by atoms with Crippen molar-refractivity contribution in [1.29, 1.82) is 0 Å². The summed E-state index contributed by atoms with van der Waals surface area (Å²) < 4.78 is 5.20. The number of anilines is 2. The molecule has 0 atom stereocenters. The Morgan fingerprint density at radius 2 is 2.33 bits per heavy atom. The first kappa shape index (κ1) is 12.0. The third-order valence-corrected chi connectivity index (χ3v) is 2.46. The number of rotatable bonds is 5. The number of nitrogens with one attached hydrogen (secondary N) is 1. The number of hydrogen-bond donors (Lipinski definition) is 3. The lowest BCUT2D eigenvalue weighted by Crippen LogP contribution is -2.15. The molecule has 0 fully saturated rings. The van der Waals surface area contributed by atoms with Gasteiger partial charge in [-0.1, -0.05) is 0 Å². The second-order valence-corrected chi connectivity index (χ2v) is 3.78. The maximum atomic E-state index is 11.1. The lowest BCUT2D eigenvalue weighted by Gasteiger charge is -2.07. The highest BCUT2D eigenvalue weighted by Crippen LogP contribution is 2.14. The highest BCUT2D eigenvalue weighted by atomic mass is 16.3. The van der Waals surface area contributed by atoms with Crippen molar-refractivity contribution in [3.63, 3.8) is 0 Å². The van der Waals surface area contributed by atoms with E-state index in [0.717, 1.165) is 12.2 Å². The van der Waals surface area contributed by atoms with Crippen LogP contribution in [0.25, 0.3) is 0 Å². The molecular formula is C12H14N4O2. The second kappa shape index (κ2) is 5.22. The van der Waals surface area contributed by atoms with Crippen LogP contribution in [-0.4, -0.2) is 17.4 Å². The molecule has 2 aromatic rings. The van der Waals surface area contributed by atoms with Gasteiger partial charge in [-0.05, 0) is 18.2 Å². The SMILES string of the molecule is NC(=O)c1cc(NCCc2ccco2)ncc1N. The fourth-order valence-electron chi connectivity index (χ4n) is 1.54. The van der Waals surface area contributed by atoms with Gasteiger partial charge < -0.3 is 21.2 Å². The van der Waals surface area contributed by atoms with Gasteiger partial charge in [0, 0.05) is 13.0 Å². The molecule has 2 heterocycles. The summed E-state index contributed by atoms with van der Waals surface area (Å²) >= 11 is 0. The van der Waals surface area contributed by atoms with Gasteiger partial charge in [-0.15, -0.1) is 0 Å². The molecule has 5 N–H and O–H groups in total. The van der Waals surface area contributed by atoms with Crippen LogP contribution in [0.5, 0.6) is 0 Å². The number of nitrogens with zero attached hydrogens (tertiary/aromatic N) is 1. The fraction of sp³-hybridized carbons (Fsp3) is 0.167. The van der Waals surface area contributed by atoms with E-state index in [-0.39, 0.29) is 11.3 Å². The standard InChI is InChI=1S/C12H14N4O2/c13-10-7-16-11(6-9(10)12(14)17)15-4-3-8-2-1-5-18-8/h1-2,5-7H,3-4,13H2,(H2,14,17)(H,15,16). The number of carbonyl (C=O) groups excluding carboxylic acids is 1. The Kier molecular flexibility index (Phi) is 3.47. The van der Waals surface area contributed by atoms with Crippen LogP contribution in [0.1, 0.15) is 16.1 Å². The average Bonchev–Trinajstić information content (AvgIpc) is 2.84. The van der Waals surface area contributed by atoms with Crippen molar-refractivity contribution in [2.75, 3.05) is 17.6 Å². The minimum Gasteiger partial charge on any atom is -0.469 e. The van der Waals surface area contributed by atoms with Crippen molar-refractivity contribution < 1.29 is 9.21 Å². The summed E-state index contributed by atoms with van der Waals surface area (Å²) in [5.41, 5.74) is 11.3. The summed E-state index contributed by atoms with van der Waals surface area (Å²) in [5.74, 6) is 0.876. The van der Waals surface area contributed by atoms with Crippen LogP contribution in [0.3, 0.4) is 0 Å². The van der Waals surface area contributed by atoms with Crippen molar-refractivity contribution >= 4 is 17.4 Å². The first-order valence-electron chi connectivity index (χ1n) is 5.48. The molecule has 0 saturated carbocycles. The van der Waals surface area contributed by atoms with Crippen molar-refractivity contribution in [1.82, 2.24) is 4.98 Å². The molecule has 0 unspecified atom stereocenters. The van der Waals surface area contributed by atoms with Gasteiger partial charge in [-0.25, -0.2) is 4.98 Å². The Balaban J connectivity index is 1.97. The third kappa shape index (κ3) is 2.79. The first-order chi connectivity index (χ1) is 8.66. The van der Waals surface area contributed by atoms with Gasteiger partial charge in [0.25, 0.3) is 5.91 Å². The summed E-state index contributed by atoms with van der Waals surface area (Å²) in [6.45, 7) is 0.642. The number of hydrogen-bond acceptors (Lipinski definition) is 5. The van der Waals surface area contributed by atoms with Gasteiger partial charge >= 0.3 is 0 Å². The predicted molar refractivity (Wildman–Crippen MR) is 68.1 cm³/mol. The molecule has 18 heavy (non-hydrogen) atoms. The van der Waals surface area contributed by atoms with Crippen LogP contribution in [0, 0.1) is 0 Å². The summed E-state index contributed by atoms with van der Waals surface area (Å²) in [6, 6.07) is 5.27. The zero-order chi connectivity index (χ0) is 13.0. The first-order valence-corrected chi connectivity index (χ1v) is 5.48. The van der Waals surface area contributed by atoms with E-state index in [9.17, 15) is 4.79 Å². The van der Waals surface area contributed by atoms with Gasteiger partial charge in [0.05, 0.1) is 23.7 Å². The maximum absolute atomic E-state index is 11.1. The summed E-state index contributed by atoms with van der Waals surface area (Å²) in [4.78, 5) is 15.2. The minimum atomic E-state index is -0.566. The zero-order valence-corrected chi connectivity index (χ0v) is 9.72. The molecule has 2 aromatic heterocycles. The van der Waals surface area contributed by atoms with Crippen molar-refractivity contribution in [3.8, 4) is 0 Å².